The number of hydrogen-bond donors (Lipinski definition) is 2. The Hall–Kier alpha value is -1.39. The summed E-state index contributed by atoms with van der Waals surface area (Å²) >= 11 is 0. The molecule has 4 nitrogen and oxygen atoms in total. The summed E-state index contributed by atoms with van der Waals surface area (Å²) in [6.45, 7) is 5.41. The summed E-state index contributed by atoms with van der Waals surface area (Å²) in [5, 5.41) is 6.59. The van der Waals surface area contributed by atoms with Gasteiger partial charge in [0.2, 0.25) is 5.91 Å². The first-order chi connectivity index (χ1) is 8.83. The normalized spacial score (nSPS) is 18.8. The first kappa shape index (κ1) is 11.7. The third-order valence-corrected chi connectivity index (χ3v) is 3.73. The van der Waals surface area contributed by atoms with Crippen LogP contribution in [0.1, 0.15) is 16.7 Å². The lowest BCUT2D eigenvalue weighted by molar-refractivity contribution is -0.131. The first-order valence-electron chi connectivity index (χ1n) is 6.63. The van der Waals surface area contributed by atoms with Gasteiger partial charge in [-0.3, -0.25) is 4.79 Å². The molecule has 1 amide bonds. The maximum absolute atomic E-state index is 12.2. The Kier molecular flexibility index (Phi) is 3.30. The number of hydrogen-bond acceptors (Lipinski definition) is 3. The van der Waals surface area contributed by atoms with E-state index in [9.17, 15) is 4.79 Å². The number of amides is 1. The summed E-state index contributed by atoms with van der Waals surface area (Å²) in [5.74, 6) is 0.252. The van der Waals surface area contributed by atoms with Gasteiger partial charge in [-0.15, -0.1) is 0 Å². The van der Waals surface area contributed by atoms with Crippen molar-refractivity contribution in [1.82, 2.24) is 15.5 Å². The quantitative estimate of drug-likeness (QED) is 0.786. The summed E-state index contributed by atoms with van der Waals surface area (Å²) < 4.78 is 0. The zero-order valence-corrected chi connectivity index (χ0v) is 10.5. The van der Waals surface area contributed by atoms with Gasteiger partial charge in [0, 0.05) is 39.3 Å². The van der Waals surface area contributed by atoms with Gasteiger partial charge in [0.15, 0.2) is 0 Å². The molecule has 2 aliphatic heterocycles. The van der Waals surface area contributed by atoms with Crippen molar-refractivity contribution in [3.05, 3.63) is 34.9 Å². The summed E-state index contributed by atoms with van der Waals surface area (Å²) in [6, 6.07) is 6.41. The van der Waals surface area contributed by atoms with Gasteiger partial charge < -0.3 is 15.5 Å². The standard InChI is InChI=1S/C14H19N3O/c18-14(17-5-3-15-4-6-17)8-11-1-2-12-9-16-10-13(12)7-11/h1-2,7,15-16H,3-6,8-10H2. The Morgan fingerprint density at radius 2 is 1.89 bits per heavy atom. The van der Waals surface area contributed by atoms with Crippen LogP contribution in [0.15, 0.2) is 18.2 Å². The molecule has 0 aliphatic carbocycles. The van der Waals surface area contributed by atoms with Crippen LogP contribution in [0.4, 0.5) is 0 Å². The number of carbonyl (C=O) groups is 1. The Morgan fingerprint density at radius 1 is 1.11 bits per heavy atom. The summed E-state index contributed by atoms with van der Waals surface area (Å²) in [4.78, 5) is 14.1. The monoisotopic (exact) mass is 245 g/mol. The van der Waals surface area contributed by atoms with Crippen LogP contribution >= 0.6 is 0 Å². The highest BCUT2D eigenvalue weighted by Gasteiger charge is 2.17. The van der Waals surface area contributed by atoms with Crippen LogP contribution in [-0.4, -0.2) is 37.0 Å². The maximum Gasteiger partial charge on any atom is 0.227 e. The predicted octanol–water partition coefficient (Wildman–Crippen LogP) is 0.264. The minimum atomic E-state index is 0.252. The number of benzene rings is 1. The van der Waals surface area contributed by atoms with E-state index in [0.717, 1.165) is 44.8 Å². The molecule has 0 radical (unpaired) electrons. The smallest absolute Gasteiger partial charge is 0.227 e. The predicted molar refractivity (Wildman–Crippen MR) is 70.1 cm³/mol. The van der Waals surface area contributed by atoms with Gasteiger partial charge in [-0.2, -0.15) is 0 Å². The molecule has 0 saturated carbocycles. The highest BCUT2D eigenvalue weighted by Crippen LogP contribution is 2.17. The minimum Gasteiger partial charge on any atom is -0.340 e. The van der Waals surface area contributed by atoms with Gasteiger partial charge in [0.05, 0.1) is 6.42 Å². The highest BCUT2D eigenvalue weighted by molar-refractivity contribution is 5.79. The number of nitrogens with one attached hydrogen (secondary N) is 2. The highest BCUT2D eigenvalue weighted by atomic mass is 16.2. The van der Waals surface area contributed by atoms with Crippen LogP contribution in [0.25, 0.3) is 0 Å². The molecule has 2 N–H and O–H groups in total. The molecule has 0 bridgehead atoms. The molecule has 4 heteroatoms. The fourth-order valence-electron chi connectivity index (χ4n) is 2.66. The lowest BCUT2D eigenvalue weighted by Gasteiger charge is -2.27. The van der Waals surface area contributed by atoms with Gasteiger partial charge in [0.1, 0.15) is 0 Å². The van der Waals surface area contributed by atoms with Crippen LogP contribution < -0.4 is 10.6 Å². The molecule has 0 unspecified atom stereocenters. The second kappa shape index (κ2) is 5.08. The van der Waals surface area contributed by atoms with Crippen molar-refractivity contribution in [2.75, 3.05) is 26.2 Å². The molecule has 1 aromatic carbocycles. The van der Waals surface area contributed by atoms with Gasteiger partial charge >= 0.3 is 0 Å². The lowest BCUT2D eigenvalue weighted by atomic mass is 10.0. The van der Waals surface area contributed by atoms with Crippen LogP contribution in [0, 0.1) is 0 Å². The Labute approximate surface area is 107 Å². The topological polar surface area (TPSA) is 44.4 Å². The summed E-state index contributed by atoms with van der Waals surface area (Å²) in [5.41, 5.74) is 3.86. The molecule has 96 valence electrons. The van der Waals surface area contributed by atoms with E-state index in [4.69, 9.17) is 0 Å². The summed E-state index contributed by atoms with van der Waals surface area (Å²) in [7, 11) is 0. The van der Waals surface area contributed by atoms with Crippen molar-refractivity contribution in [1.29, 1.82) is 0 Å². The first-order valence-corrected chi connectivity index (χ1v) is 6.63. The van der Waals surface area contributed by atoms with Crippen LogP contribution in [0.5, 0.6) is 0 Å². The average Bonchev–Trinajstić information content (AvgIpc) is 2.87. The van der Waals surface area contributed by atoms with Gasteiger partial charge in [-0.25, -0.2) is 0 Å². The minimum absolute atomic E-state index is 0.252. The largest absolute Gasteiger partial charge is 0.340 e. The van der Waals surface area contributed by atoms with E-state index < -0.39 is 0 Å². The summed E-state index contributed by atoms with van der Waals surface area (Å²) in [6.07, 6.45) is 0.535. The van der Waals surface area contributed by atoms with E-state index in [0.29, 0.717) is 6.42 Å². The van der Waals surface area contributed by atoms with Crippen LogP contribution in [0.2, 0.25) is 0 Å². The van der Waals surface area contributed by atoms with E-state index in [1.54, 1.807) is 0 Å². The molecule has 1 fully saturated rings. The SMILES string of the molecule is O=C(Cc1ccc2c(c1)CNC2)N1CCNCC1. The third kappa shape index (κ3) is 2.40. The maximum atomic E-state index is 12.2. The molecule has 18 heavy (non-hydrogen) atoms. The van der Waals surface area contributed by atoms with E-state index in [1.807, 2.05) is 4.90 Å². The third-order valence-electron chi connectivity index (χ3n) is 3.73. The number of piperazine rings is 1. The Bertz CT molecular complexity index is 452. The molecule has 0 aromatic heterocycles. The fraction of sp³-hybridized carbons (Fsp3) is 0.500. The molecule has 2 aliphatic rings. The van der Waals surface area contributed by atoms with Gasteiger partial charge in [-0.1, -0.05) is 18.2 Å². The molecule has 3 rings (SSSR count). The lowest BCUT2D eigenvalue weighted by Crippen LogP contribution is -2.46. The number of nitrogens with zero attached hydrogens (tertiary/aromatic N) is 1. The van der Waals surface area contributed by atoms with E-state index in [1.165, 1.54) is 11.1 Å². The van der Waals surface area contributed by atoms with Crippen LogP contribution in [-0.2, 0) is 24.3 Å². The second-order valence-corrected chi connectivity index (χ2v) is 5.01. The number of rotatable bonds is 2. The average molecular weight is 245 g/mol. The molecule has 1 saturated heterocycles. The zero-order valence-electron chi connectivity index (χ0n) is 10.5. The van der Waals surface area contributed by atoms with E-state index in [-0.39, 0.29) is 5.91 Å². The molecular formula is C14H19N3O. The number of carbonyl (C=O) groups excluding carboxylic acids is 1. The molecule has 2 heterocycles. The van der Waals surface area contributed by atoms with Crippen molar-refractivity contribution < 1.29 is 4.79 Å². The van der Waals surface area contributed by atoms with Crippen LogP contribution in [0.3, 0.4) is 0 Å². The van der Waals surface area contributed by atoms with Gasteiger partial charge in [0.25, 0.3) is 0 Å². The van der Waals surface area contributed by atoms with Crippen molar-refractivity contribution >= 4 is 5.91 Å². The Morgan fingerprint density at radius 3 is 2.72 bits per heavy atom. The fourth-order valence-corrected chi connectivity index (χ4v) is 2.66. The molecule has 0 spiro atoms. The zero-order chi connectivity index (χ0) is 12.4. The molecule has 0 atom stereocenters. The van der Waals surface area contributed by atoms with Crippen molar-refractivity contribution in [3.8, 4) is 0 Å². The van der Waals surface area contributed by atoms with E-state index in [2.05, 4.69) is 28.8 Å². The van der Waals surface area contributed by atoms with Gasteiger partial charge in [-0.05, 0) is 16.7 Å². The molecular weight excluding hydrogens is 226 g/mol. The Balaban J connectivity index is 1.66. The number of fused-ring (bicyclic) bond motifs is 1. The second-order valence-electron chi connectivity index (χ2n) is 5.01. The van der Waals surface area contributed by atoms with Crippen molar-refractivity contribution in [3.63, 3.8) is 0 Å². The van der Waals surface area contributed by atoms with Crippen molar-refractivity contribution in [2.24, 2.45) is 0 Å². The van der Waals surface area contributed by atoms with Crippen molar-refractivity contribution in [2.45, 2.75) is 19.5 Å². The van der Waals surface area contributed by atoms with E-state index >= 15 is 0 Å². The molecule has 1 aromatic rings.